The lowest BCUT2D eigenvalue weighted by atomic mass is 10.5. The second-order valence-electron chi connectivity index (χ2n) is 1.96. The highest BCUT2D eigenvalue weighted by molar-refractivity contribution is 5.68. The Morgan fingerprint density at radius 2 is 2.36 bits per heavy atom. The Hall–Kier alpha value is -0.650. The molecule has 0 rings (SSSR count). The first-order chi connectivity index (χ1) is 5.20. The fourth-order valence-electron chi connectivity index (χ4n) is 0.667. The number of rotatable bonds is 6. The van der Waals surface area contributed by atoms with Crippen LogP contribution in [0.3, 0.4) is 0 Å². The van der Waals surface area contributed by atoms with Crippen molar-refractivity contribution < 1.29 is 14.7 Å². The highest BCUT2D eigenvalue weighted by atomic mass is 16.7. The van der Waals surface area contributed by atoms with Gasteiger partial charge in [-0.05, 0) is 6.92 Å². The molecule has 0 fully saturated rings. The van der Waals surface area contributed by atoms with Gasteiger partial charge in [0.15, 0.2) is 0 Å². The number of hydrogen-bond acceptors (Lipinski definition) is 4. The average molecular weight is 162 g/mol. The van der Waals surface area contributed by atoms with Crippen LogP contribution in [-0.4, -0.2) is 42.4 Å². The zero-order chi connectivity index (χ0) is 8.69. The summed E-state index contributed by atoms with van der Waals surface area (Å²) in [7, 11) is 0. The number of hydrogen-bond donors (Lipinski definition) is 2. The SMILES string of the molecule is CCON(CCN)CC(=O)O. The van der Waals surface area contributed by atoms with E-state index < -0.39 is 5.97 Å². The molecule has 5 nitrogen and oxygen atoms in total. The number of carbonyl (C=O) groups is 1. The van der Waals surface area contributed by atoms with E-state index in [1.165, 1.54) is 5.06 Å². The molecule has 0 aliphatic rings. The van der Waals surface area contributed by atoms with Gasteiger partial charge in [-0.1, -0.05) is 0 Å². The first-order valence-electron chi connectivity index (χ1n) is 3.50. The van der Waals surface area contributed by atoms with Gasteiger partial charge in [-0.15, -0.1) is 0 Å². The van der Waals surface area contributed by atoms with Crippen molar-refractivity contribution in [3.63, 3.8) is 0 Å². The number of carboxylic acids is 1. The molecule has 0 aromatic rings. The Morgan fingerprint density at radius 3 is 2.73 bits per heavy atom. The minimum Gasteiger partial charge on any atom is -0.480 e. The molecular weight excluding hydrogens is 148 g/mol. The van der Waals surface area contributed by atoms with Crippen molar-refractivity contribution in [2.45, 2.75) is 6.92 Å². The maximum absolute atomic E-state index is 10.2. The lowest BCUT2D eigenvalue weighted by Crippen LogP contribution is -2.34. The molecule has 0 amide bonds. The van der Waals surface area contributed by atoms with Crippen LogP contribution in [-0.2, 0) is 9.63 Å². The maximum atomic E-state index is 10.2. The Kier molecular flexibility index (Phi) is 5.73. The van der Waals surface area contributed by atoms with E-state index in [4.69, 9.17) is 15.7 Å². The van der Waals surface area contributed by atoms with Crippen molar-refractivity contribution >= 4 is 5.97 Å². The third kappa shape index (κ3) is 5.78. The van der Waals surface area contributed by atoms with Crippen LogP contribution in [0.15, 0.2) is 0 Å². The van der Waals surface area contributed by atoms with Gasteiger partial charge in [0.05, 0.1) is 6.61 Å². The molecule has 0 radical (unpaired) electrons. The molecule has 0 unspecified atom stereocenters. The third-order valence-electron chi connectivity index (χ3n) is 1.00. The zero-order valence-corrected chi connectivity index (χ0v) is 6.62. The van der Waals surface area contributed by atoms with E-state index in [1.807, 2.05) is 0 Å². The van der Waals surface area contributed by atoms with Gasteiger partial charge < -0.3 is 10.8 Å². The molecule has 0 aliphatic carbocycles. The standard InChI is InChI=1S/C6H14N2O3/c1-2-11-8(4-3-7)5-6(9)10/h2-5,7H2,1H3,(H,9,10). The average Bonchev–Trinajstić information content (AvgIpc) is 1.87. The second-order valence-corrected chi connectivity index (χ2v) is 1.96. The van der Waals surface area contributed by atoms with Gasteiger partial charge in [0.1, 0.15) is 6.54 Å². The topological polar surface area (TPSA) is 75.8 Å². The summed E-state index contributed by atoms with van der Waals surface area (Å²) in [4.78, 5) is 15.2. The number of carboxylic acid groups (broad SMARTS) is 1. The molecule has 0 aromatic carbocycles. The van der Waals surface area contributed by atoms with E-state index in [0.717, 1.165) is 0 Å². The van der Waals surface area contributed by atoms with Crippen molar-refractivity contribution in [2.24, 2.45) is 5.73 Å². The highest BCUT2D eigenvalue weighted by Crippen LogP contribution is 1.87. The normalized spacial score (nSPS) is 10.5. The second kappa shape index (κ2) is 6.09. The van der Waals surface area contributed by atoms with Crippen molar-refractivity contribution in [2.75, 3.05) is 26.2 Å². The summed E-state index contributed by atoms with van der Waals surface area (Å²) < 4.78 is 0. The van der Waals surface area contributed by atoms with E-state index in [9.17, 15) is 4.79 Å². The van der Waals surface area contributed by atoms with Gasteiger partial charge in [-0.25, -0.2) is 0 Å². The first kappa shape index (κ1) is 10.3. The summed E-state index contributed by atoms with van der Waals surface area (Å²) in [6.45, 7) is 2.98. The van der Waals surface area contributed by atoms with Gasteiger partial charge in [-0.2, -0.15) is 5.06 Å². The Morgan fingerprint density at radius 1 is 1.73 bits per heavy atom. The van der Waals surface area contributed by atoms with Crippen molar-refractivity contribution in [3.8, 4) is 0 Å². The summed E-state index contributed by atoms with van der Waals surface area (Å²) in [5.41, 5.74) is 5.22. The molecule has 0 saturated carbocycles. The van der Waals surface area contributed by atoms with E-state index in [-0.39, 0.29) is 6.54 Å². The van der Waals surface area contributed by atoms with Crippen LogP contribution in [0.2, 0.25) is 0 Å². The van der Waals surface area contributed by atoms with Crippen molar-refractivity contribution in [3.05, 3.63) is 0 Å². The third-order valence-corrected chi connectivity index (χ3v) is 1.00. The molecule has 11 heavy (non-hydrogen) atoms. The van der Waals surface area contributed by atoms with Crippen molar-refractivity contribution in [1.82, 2.24) is 5.06 Å². The number of nitrogens with two attached hydrogens (primary N) is 1. The van der Waals surface area contributed by atoms with Crippen LogP contribution >= 0.6 is 0 Å². The molecule has 5 heteroatoms. The van der Waals surface area contributed by atoms with E-state index in [1.54, 1.807) is 6.92 Å². The monoisotopic (exact) mass is 162 g/mol. The Balaban J connectivity index is 3.59. The quantitative estimate of drug-likeness (QED) is 0.504. The number of nitrogens with zero attached hydrogens (tertiary/aromatic N) is 1. The van der Waals surface area contributed by atoms with Crippen molar-refractivity contribution in [1.29, 1.82) is 0 Å². The van der Waals surface area contributed by atoms with Crippen LogP contribution in [0.1, 0.15) is 6.92 Å². The van der Waals surface area contributed by atoms with Crippen LogP contribution in [0.4, 0.5) is 0 Å². The molecule has 0 atom stereocenters. The molecule has 0 aliphatic heterocycles. The smallest absolute Gasteiger partial charge is 0.320 e. The molecule has 0 spiro atoms. The summed E-state index contributed by atoms with van der Waals surface area (Å²) in [5, 5.41) is 9.71. The maximum Gasteiger partial charge on any atom is 0.320 e. The lowest BCUT2D eigenvalue weighted by Gasteiger charge is -2.17. The van der Waals surface area contributed by atoms with Crippen LogP contribution in [0.5, 0.6) is 0 Å². The molecular formula is C6H14N2O3. The van der Waals surface area contributed by atoms with Gasteiger partial charge in [0, 0.05) is 13.1 Å². The minimum atomic E-state index is -0.910. The molecule has 0 aromatic heterocycles. The highest BCUT2D eigenvalue weighted by Gasteiger charge is 2.07. The van der Waals surface area contributed by atoms with E-state index in [0.29, 0.717) is 19.7 Å². The number of aliphatic carboxylic acids is 1. The van der Waals surface area contributed by atoms with E-state index in [2.05, 4.69) is 0 Å². The van der Waals surface area contributed by atoms with Gasteiger partial charge in [0.25, 0.3) is 0 Å². The van der Waals surface area contributed by atoms with Crippen LogP contribution in [0.25, 0.3) is 0 Å². The predicted octanol–water partition coefficient (Wildman–Crippen LogP) is -0.717. The fraction of sp³-hybridized carbons (Fsp3) is 0.833. The summed E-state index contributed by atoms with van der Waals surface area (Å²) in [5.74, 6) is -0.910. The summed E-state index contributed by atoms with van der Waals surface area (Å²) in [6, 6.07) is 0. The van der Waals surface area contributed by atoms with Crippen LogP contribution < -0.4 is 5.73 Å². The molecule has 0 heterocycles. The molecule has 66 valence electrons. The lowest BCUT2D eigenvalue weighted by molar-refractivity contribution is -0.172. The predicted molar refractivity (Wildman–Crippen MR) is 39.9 cm³/mol. The number of hydroxylamine groups is 2. The molecule has 3 N–H and O–H groups in total. The summed E-state index contributed by atoms with van der Waals surface area (Å²) in [6.07, 6.45) is 0. The summed E-state index contributed by atoms with van der Waals surface area (Å²) >= 11 is 0. The van der Waals surface area contributed by atoms with Crippen LogP contribution in [0, 0.1) is 0 Å². The fourth-order valence-corrected chi connectivity index (χ4v) is 0.667. The van der Waals surface area contributed by atoms with Gasteiger partial charge in [0.2, 0.25) is 0 Å². The van der Waals surface area contributed by atoms with E-state index >= 15 is 0 Å². The zero-order valence-electron chi connectivity index (χ0n) is 6.62. The Bertz CT molecular complexity index is 112. The largest absolute Gasteiger partial charge is 0.480 e. The Labute approximate surface area is 65.7 Å². The van der Waals surface area contributed by atoms with Gasteiger partial charge in [-0.3, -0.25) is 9.63 Å². The molecule has 0 bridgehead atoms. The van der Waals surface area contributed by atoms with Gasteiger partial charge >= 0.3 is 5.97 Å². The minimum absolute atomic E-state index is 0.120. The first-order valence-corrected chi connectivity index (χ1v) is 3.50. The molecule has 0 saturated heterocycles.